The second kappa shape index (κ2) is 8.96. The van der Waals surface area contributed by atoms with Gasteiger partial charge in [-0.1, -0.05) is 45.2 Å². The Hall–Kier alpha value is -1.33. The second-order valence-corrected chi connectivity index (χ2v) is 6.10. The van der Waals surface area contributed by atoms with Crippen LogP contribution in [-0.2, 0) is 4.74 Å². The average Bonchev–Trinajstić information content (AvgIpc) is 2.44. The fourth-order valence-electron chi connectivity index (χ4n) is 1.97. The molecule has 122 valence electrons. The molecule has 0 aliphatic rings. The standard InChI is InChI=1S/C16H22ClNO3S/c1-4-5-6-7-21-16(22)18-11-8-12(10(2)3)14(17)13(9-11)15(19)20/h8-10H,4-7H2,1-3H3,(H,18,22)(H,19,20). The Kier molecular flexibility index (Phi) is 7.62. The molecule has 0 unspecified atom stereocenters. The molecule has 0 aliphatic carbocycles. The maximum atomic E-state index is 11.3. The molecule has 1 rings (SSSR count). The average molecular weight is 344 g/mol. The highest BCUT2D eigenvalue weighted by molar-refractivity contribution is 7.80. The number of anilines is 1. The number of carbonyl (C=O) groups is 1. The largest absolute Gasteiger partial charge is 0.478 e. The molecule has 4 nitrogen and oxygen atoms in total. The minimum Gasteiger partial charge on any atom is -0.478 e. The third-order valence-electron chi connectivity index (χ3n) is 3.18. The first kappa shape index (κ1) is 18.7. The van der Waals surface area contributed by atoms with Crippen LogP contribution in [0, 0.1) is 0 Å². The highest BCUT2D eigenvalue weighted by Gasteiger charge is 2.17. The van der Waals surface area contributed by atoms with Gasteiger partial charge in [0, 0.05) is 5.69 Å². The van der Waals surface area contributed by atoms with Crippen molar-refractivity contribution in [1.29, 1.82) is 0 Å². The normalized spacial score (nSPS) is 10.6. The molecular weight excluding hydrogens is 322 g/mol. The van der Waals surface area contributed by atoms with E-state index in [-0.39, 0.29) is 21.7 Å². The summed E-state index contributed by atoms with van der Waals surface area (Å²) in [6.45, 7) is 6.58. The molecule has 0 aromatic heterocycles. The van der Waals surface area contributed by atoms with Gasteiger partial charge in [0.25, 0.3) is 5.17 Å². The SMILES string of the molecule is CCCCCOC(=S)Nc1cc(C(=O)O)c(Cl)c(C(C)C)c1. The number of hydrogen-bond acceptors (Lipinski definition) is 3. The number of hydrogen-bond donors (Lipinski definition) is 2. The number of carboxylic acids is 1. The summed E-state index contributed by atoms with van der Waals surface area (Å²) >= 11 is 11.3. The van der Waals surface area contributed by atoms with Crippen LogP contribution in [0.1, 0.15) is 61.9 Å². The molecule has 22 heavy (non-hydrogen) atoms. The Morgan fingerprint density at radius 2 is 2.09 bits per heavy atom. The first-order valence-corrected chi connectivity index (χ1v) is 8.16. The lowest BCUT2D eigenvalue weighted by Crippen LogP contribution is -2.15. The molecule has 0 aliphatic heterocycles. The van der Waals surface area contributed by atoms with E-state index >= 15 is 0 Å². The molecule has 0 fully saturated rings. The zero-order chi connectivity index (χ0) is 16.7. The second-order valence-electron chi connectivity index (χ2n) is 5.35. The number of ether oxygens (including phenoxy) is 1. The summed E-state index contributed by atoms with van der Waals surface area (Å²) in [5.74, 6) is -0.961. The van der Waals surface area contributed by atoms with E-state index < -0.39 is 5.97 Å². The molecule has 0 radical (unpaired) electrons. The quantitative estimate of drug-likeness (QED) is 0.535. The van der Waals surface area contributed by atoms with Gasteiger partial charge in [0.15, 0.2) is 0 Å². The minimum absolute atomic E-state index is 0.0594. The molecule has 6 heteroatoms. The maximum Gasteiger partial charge on any atom is 0.337 e. The van der Waals surface area contributed by atoms with Crippen molar-refractivity contribution >= 4 is 40.7 Å². The topological polar surface area (TPSA) is 58.6 Å². The first-order chi connectivity index (χ1) is 10.4. The van der Waals surface area contributed by atoms with E-state index in [2.05, 4.69) is 12.2 Å². The van der Waals surface area contributed by atoms with Crippen molar-refractivity contribution in [2.75, 3.05) is 11.9 Å². The molecule has 0 bridgehead atoms. The highest BCUT2D eigenvalue weighted by atomic mass is 35.5. The molecule has 0 spiro atoms. The minimum atomic E-state index is -1.06. The van der Waals surface area contributed by atoms with E-state index in [0.29, 0.717) is 12.3 Å². The van der Waals surface area contributed by atoms with Gasteiger partial charge in [-0.25, -0.2) is 4.79 Å². The number of nitrogens with one attached hydrogen (secondary N) is 1. The lowest BCUT2D eigenvalue weighted by molar-refractivity contribution is 0.0697. The van der Waals surface area contributed by atoms with E-state index in [1.54, 1.807) is 6.07 Å². The Labute approximate surface area is 141 Å². The number of unbranched alkanes of at least 4 members (excludes halogenated alkanes) is 2. The van der Waals surface area contributed by atoms with Crippen LogP contribution in [-0.4, -0.2) is 22.9 Å². The van der Waals surface area contributed by atoms with E-state index in [1.807, 2.05) is 13.8 Å². The van der Waals surface area contributed by atoms with Gasteiger partial charge in [0.2, 0.25) is 0 Å². The summed E-state index contributed by atoms with van der Waals surface area (Å²) in [6.07, 6.45) is 3.14. The predicted octanol–water partition coefficient (Wildman–Crippen LogP) is 5.07. The molecule has 2 N–H and O–H groups in total. The van der Waals surface area contributed by atoms with Gasteiger partial charge in [-0.3, -0.25) is 0 Å². The molecule has 0 saturated carbocycles. The molecule has 0 heterocycles. The Balaban J connectivity index is 2.86. The predicted molar refractivity (Wildman–Crippen MR) is 94.2 cm³/mol. The van der Waals surface area contributed by atoms with E-state index in [0.717, 1.165) is 24.8 Å². The van der Waals surface area contributed by atoms with Crippen LogP contribution in [0.4, 0.5) is 5.69 Å². The molecule has 0 atom stereocenters. The summed E-state index contributed by atoms with van der Waals surface area (Å²) in [7, 11) is 0. The molecular formula is C16H22ClNO3S. The monoisotopic (exact) mass is 343 g/mol. The summed E-state index contributed by atoms with van der Waals surface area (Å²) in [5, 5.41) is 12.7. The summed E-state index contributed by atoms with van der Waals surface area (Å²) in [5.41, 5.74) is 1.40. The number of aromatic carboxylic acids is 1. The fourth-order valence-corrected chi connectivity index (χ4v) is 2.58. The zero-order valence-electron chi connectivity index (χ0n) is 13.1. The fraction of sp³-hybridized carbons (Fsp3) is 0.500. The van der Waals surface area contributed by atoms with Crippen molar-refractivity contribution in [2.24, 2.45) is 0 Å². The van der Waals surface area contributed by atoms with Crippen molar-refractivity contribution in [1.82, 2.24) is 0 Å². The number of thiocarbonyl (C=S) groups is 1. The molecule has 1 aromatic rings. The van der Waals surface area contributed by atoms with Gasteiger partial charge >= 0.3 is 5.97 Å². The summed E-state index contributed by atoms with van der Waals surface area (Å²) in [4.78, 5) is 11.3. The maximum absolute atomic E-state index is 11.3. The Morgan fingerprint density at radius 3 is 2.64 bits per heavy atom. The highest BCUT2D eigenvalue weighted by Crippen LogP contribution is 2.31. The molecule has 1 aromatic carbocycles. The van der Waals surface area contributed by atoms with Crippen molar-refractivity contribution in [3.05, 3.63) is 28.3 Å². The van der Waals surface area contributed by atoms with Crippen LogP contribution in [0.3, 0.4) is 0 Å². The third-order valence-corrected chi connectivity index (χ3v) is 3.82. The van der Waals surface area contributed by atoms with Crippen molar-refractivity contribution < 1.29 is 14.6 Å². The lowest BCUT2D eigenvalue weighted by atomic mass is 9.99. The third kappa shape index (κ3) is 5.46. The van der Waals surface area contributed by atoms with Crippen molar-refractivity contribution in [3.63, 3.8) is 0 Å². The number of benzene rings is 1. The van der Waals surface area contributed by atoms with Gasteiger partial charge < -0.3 is 15.2 Å². The number of carboxylic acid groups (broad SMARTS) is 1. The van der Waals surface area contributed by atoms with Gasteiger partial charge in [0.1, 0.15) is 0 Å². The van der Waals surface area contributed by atoms with Crippen LogP contribution in [0.15, 0.2) is 12.1 Å². The zero-order valence-corrected chi connectivity index (χ0v) is 14.7. The number of halogens is 1. The Morgan fingerprint density at radius 1 is 1.41 bits per heavy atom. The first-order valence-electron chi connectivity index (χ1n) is 7.37. The summed E-state index contributed by atoms with van der Waals surface area (Å²) in [6, 6.07) is 3.28. The van der Waals surface area contributed by atoms with Gasteiger partial charge in [-0.2, -0.15) is 0 Å². The number of rotatable bonds is 7. The Bertz CT molecular complexity index is 546. The van der Waals surface area contributed by atoms with Crippen LogP contribution in [0.2, 0.25) is 5.02 Å². The van der Waals surface area contributed by atoms with E-state index in [4.69, 9.17) is 28.6 Å². The lowest BCUT2D eigenvalue weighted by Gasteiger charge is -2.15. The van der Waals surface area contributed by atoms with Gasteiger partial charge in [-0.05, 0) is 42.3 Å². The van der Waals surface area contributed by atoms with Gasteiger partial charge in [-0.15, -0.1) is 0 Å². The van der Waals surface area contributed by atoms with E-state index in [1.165, 1.54) is 6.07 Å². The van der Waals surface area contributed by atoms with Crippen molar-refractivity contribution in [3.8, 4) is 0 Å². The van der Waals surface area contributed by atoms with Crippen LogP contribution in [0.5, 0.6) is 0 Å². The van der Waals surface area contributed by atoms with Gasteiger partial charge in [0.05, 0.1) is 17.2 Å². The summed E-state index contributed by atoms with van der Waals surface area (Å²) < 4.78 is 5.42. The van der Waals surface area contributed by atoms with Crippen LogP contribution < -0.4 is 5.32 Å². The molecule has 0 saturated heterocycles. The smallest absolute Gasteiger partial charge is 0.337 e. The molecule has 0 amide bonds. The van der Waals surface area contributed by atoms with E-state index in [9.17, 15) is 9.90 Å². The van der Waals surface area contributed by atoms with Crippen LogP contribution in [0.25, 0.3) is 0 Å². The van der Waals surface area contributed by atoms with Crippen molar-refractivity contribution in [2.45, 2.75) is 46.0 Å². The van der Waals surface area contributed by atoms with Crippen LogP contribution >= 0.6 is 23.8 Å².